The molecule has 0 bridgehead atoms. The lowest BCUT2D eigenvalue weighted by Gasteiger charge is -2.23. The zero-order valence-corrected chi connectivity index (χ0v) is 16.1. The first kappa shape index (κ1) is 20.0. The Hall–Kier alpha value is -1.34. The molecule has 1 saturated heterocycles. The highest BCUT2D eigenvalue weighted by atomic mass is 35.5. The van der Waals surface area contributed by atoms with Gasteiger partial charge in [0, 0.05) is 19.0 Å². The highest BCUT2D eigenvalue weighted by Gasteiger charge is 2.22. The molecule has 0 radical (unpaired) electrons. The third-order valence-corrected chi connectivity index (χ3v) is 4.58. The summed E-state index contributed by atoms with van der Waals surface area (Å²) in [6, 6.07) is 5.34. The molecule has 0 saturated carbocycles. The predicted molar refractivity (Wildman–Crippen MR) is 101 cm³/mol. The minimum absolute atomic E-state index is 0. The molecule has 0 spiro atoms. The molecule has 136 valence electrons. The fraction of sp³-hybridized carbons (Fsp3) is 0.438. The van der Waals surface area contributed by atoms with Gasteiger partial charge in [0.2, 0.25) is 5.82 Å². The second kappa shape index (κ2) is 8.85. The lowest BCUT2D eigenvalue weighted by molar-refractivity contribution is 0.0920. The van der Waals surface area contributed by atoms with E-state index in [0.717, 1.165) is 25.9 Å². The Balaban J connectivity index is 0.00000225. The van der Waals surface area contributed by atoms with Gasteiger partial charge in [-0.15, -0.1) is 17.5 Å². The lowest BCUT2D eigenvalue weighted by Crippen LogP contribution is -2.45. The van der Waals surface area contributed by atoms with Crippen LogP contribution in [-0.4, -0.2) is 39.8 Å². The maximum absolute atomic E-state index is 12.5. The Morgan fingerprint density at radius 1 is 1.40 bits per heavy atom. The summed E-state index contributed by atoms with van der Waals surface area (Å²) >= 11 is 12.5. The van der Waals surface area contributed by atoms with Crippen molar-refractivity contribution >= 4 is 41.5 Å². The number of nitrogens with zero attached hydrogens (tertiary/aromatic N) is 3. The molecule has 2 aromatic rings. The van der Waals surface area contributed by atoms with Gasteiger partial charge in [-0.1, -0.05) is 36.2 Å². The van der Waals surface area contributed by atoms with Gasteiger partial charge in [-0.25, -0.2) is 9.67 Å². The second-order valence-electron chi connectivity index (χ2n) is 5.70. The van der Waals surface area contributed by atoms with Gasteiger partial charge in [-0.05, 0) is 31.5 Å². The molecule has 1 atom stereocenters. The molecule has 3 rings (SSSR count). The highest BCUT2D eigenvalue weighted by Crippen LogP contribution is 2.28. The smallest absolute Gasteiger partial charge is 0.291 e. The first-order chi connectivity index (χ1) is 11.6. The van der Waals surface area contributed by atoms with Gasteiger partial charge < -0.3 is 10.6 Å². The van der Waals surface area contributed by atoms with E-state index in [2.05, 4.69) is 20.7 Å². The summed E-state index contributed by atoms with van der Waals surface area (Å²) in [6.45, 7) is 3.70. The number of rotatable bonds is 4. The van der Waals surface area contributed by atoms with E-state index in [1.54, 1.807) is 22.9 Å². The number of nitrogens with one attached hydrogen (secondary N) is 2. The normalized spacial score (nSPS) is 17.0. The van der Waals surface area contributed by atoms with E-state index < -0.39 is 0 Å². The largest absolute Gasteiger partial charge is 0.345 e. The third kappa shape index (κ3) is 4.44. The minimum atomic E-state index is -0.277. The van der Waals surface area contributed by atoms with Gasteiger partial charge in [0.1, 0.15) is 11.5 Å². The summed E-state index contributed by atoms with van der Waals surface area (Å²) in [5.41, 5.74) is 0.545. The topological polar surface area (TPSA) is 71.8 Å². The quantitative estimate of drug-likeness (QED) is 0.821. The van der Waals surface area contributed by atoms with Crippen molar-refractivity contribution in [2.24, 2.45) is 0 Å². The molecule has 1 aromatic heterocycles. The van der Waals surface area contributed by atoms with E-state index >= 15 is 0 Å². The zero-order chi connectivity index (χ0) is 17.1. The third-order valence-electron chi connectivity index (χ3n) is 3.97. The number of hydrogen-bond acceptors (Lipinski definition) is 4. The molecule has 1 aliphatic rings. The minimum Gasteiger partial charge on any atom is -0.345 e. The van der Waals surface area contributed by atoms with Crippen molar-refractivity contribution in [1.29, 1.82) is 0 Å². The number of halogens is 3. The van der Waals surface area contributed by atoms with Crippen LogP contribution in [0.25, 0.3) is 5.69 Å². The summed E-state index contributed by atoms with van der Waals surface area (Å²) in [5.74, 6) is 0.491. The fourth-order valence-corrected chi connectivity index (χ4v) is 3.32. The summed E-state index contributed by atoms with van der Waals surface area (Å²) in [5, 5.41) is 11.5. The predicted octanol–water partition coefficient (Wildman–Crippen LogP) is 3.04. The Bertz CT molecular complexity index is 723. The average Bonchev–Trinajstić information content (AvgIpc) is 3.00. The van der Waals surface area contributed by atoms with Crippen LogP contribution in [0.5, 0.6) is 0 Å². The molecule has 1 aliphatic heterocycles. The zero-order valence-electron chi connectivity index (χ0n) is 13.8. The summed E-state index contributed by atoms with van der Waals surface area (Å²) in [6.07, 6.45) is 2.60. The van der Waals surface area contributed by atoms with Gasteiger partial charge >= 0.3 is 0 Å². The molecule has 1 fully saturated rings. The van der Waals surface area contributed by atoms with Crippen molar-refractivity contribution in [3.05, 3.63) is 39.9 Å². The maximum Gasteiger partial charge on any atom is 0.291 e. The van der Waals surface area contributed by atoms with E-state index in [9.17, 15) is 4.79 Å². The van der Waals surface area contributed by atoms with E-state index in [4.69, 9.17) is 23.2 Å². The van der Waals surface area contributed by atoms with Crippen molar-refractivity contribution < 1.29 is 4.79 Å². The first-order valence-electron chi connectivity index (χ1n) is 8.02. The van der Waals surface area contributed by atoms with Gasteiger partial charge in [-0.3, -0.25) is 4.79 Å². The van der Waals surface area contributed by atoms with Crippen molar-refractivity contribution in [1.82, 2.24) is 25.4 Å². The number of carbonyl (C=O) groups excluding carboxylic acids is 1. The molecule has 2 N–H and O–H groups in total. The molecule has 1 amide bonds. The van der Waals surface area contributed by atoms with Crippen molar-refractivity contribution in [2.75, 3.05) is 13.1 Å². The molecule has 9 heteroatoms. The monoisotopic (exact) mass is 403 g/mol. The molecular formula is C16H20Cl3N5O. The standard InChI is InChI=1S/C16H19Cl2N5O.ClH/c1-2-13-21-15(16(24)20-10-5-4-8-19-9-10)22-23(13)14-11(17)6-3-7-12(14)18;/h3,6-7,10,19H,2,4-5,8-9H2,1H3,(H,20,24);1H/t10-;/m0./s1. The van der Waals surface area contributed by atoms with Crippen LogP contribution in [0.15, 0.2) is 18.2 Å². The van der Waals surface area contributed by atoms with Crippen molar-refractivity contribution in [3.63, 3.8) is 0 Å². The summed E-state index contributed by atoms with van der Waals surface area (Å²) in [7, 11) is 0. The van der Waals surface area contributed by atoms with Crippen LogP contribution in [0.3, 0.4) is 0 Å². The van der Waals surface area contributed by atoms with E-state index in [0.29, 0.717) is 28.0 Å². The van der Waals surface area contributed by atoms with Crippen LogP contribution in [0, 0.1) is 0 Å². The molecule has 6 nitrogen and oxygen atoms in total. The van der Waals surface area contributed by atoms with Crippen molar-refractivity contribution in [2.45, 2.75) is 32.2 Å². The number of aryl methyl sites for hydroxylation is 1. The maximum atomic E-state index is 12.5. The second-order valence-corrected chi connectivity index (χ2v) is 6.52. The summed E-state index contributed by atoms with van der Waals surface area (Å²) in [4.78, 5) is 16.8. The Kier molecular flexibility index (Phi) is 7.07. The molecular weight excluding hydrogens is 385 g/mol. The molecule has 2 heterocycles. The van der Waals surface area contributed by atoms with Crippen LogP contribution in [0.4, 0.5) is 0 Å². The molecule has 1 aromatic carbocycles. The SMILES string of the molecule is CCc1nc(C(=O)N[C@H]2CCCNC2)nn1-c1c(Cl)cccc1Cl.Cl. The number of amides is 1. The van der Waals surface area contributed by atoms with Gasteiger partial charge in [0.15, 0.2) is 0 Å². The van der Waals surface area contributed by atoms with Crippen LogP contribution in [0.2, 0.25) is 10.0 Å². The van der Waals surface area contributed by atoms with E-state index in [1.807, 2.05) is 6.92 Å². The number of benzene rings is 1. The van der Waals surface area contributed by atoms with E-state index in [1.165, 1.54) is 0 Å². The number of piperidine rings is 1. The lowest BCUT2D eigenvalue weighted by atomic mass is 10.1. The van der Waals surface area contributed by atoms with Gasteiger partial charge in [0.25, 0.3) is 5.91 Å². The van der Waals surface area contributed by atoms with Crippen LogP contribution in [0.1, 0.15) is 36.2 Å². The van der Waals surface area contributed by atoms with Crippen LogP contribution in [-0.2, 0) is 6.42 Å². The van der Waals surface area contributed by atoms with Gasteiger partial charge in [0.05, 0.1) is 10.0 Å². The van der Waals surface area contributed by atoms with Gasteiger partial charge in [-0.2, -0.15) is 0 Å². The Morgan fingerprint density at radius 2 is 2.12 bits per heavy atom. The Morgan fingerprint density at radius 3 is 2.72 bits per heavy atom. The van der Waals surface area contributed by atoms with E-state index in [-0.39, 0.29) is 30.2 Å². The fourth-order valence-electron chi connectivity index (χ4n) is 2.76. The highest BCUT2D eigenvalue weighted by molar-refractivity contribution is 6.37. The molecule has 0 aliphatic carbocycles. The first-order valence-corrected chi connectivity index (χ1v) is 8.77. The van der Waals surface area contributed by atoms with Crippen LogP contribution < -0.4 is 10.6 Å². The number of aromatic nitrogens is 3. The number of carbonyl (C=O) groups is 1. The van der Waals surface area contributed by atoms with Crippen molar-refractivity contribution in [3.8, 4) is 5.69 Å². The van der Waals surface area contributed by atoms with Crippen LogP contribution >= 0.6 is 35.6 Å². The molecule has 0 unspecified atom stereocenters. The number of para-hydroxylation sites is 1. The molecule has 25 heavy (non-hydrogen) atoms. The number of hydrogen-bond donors (Lipinski definition) is 2. The summed E-state index contributed by atoms with van der Waals surface area (Å²) < 4.78 is 1.55. The Labute approximate surface area is 162 Å². The average molecular weight is 405 g/mol.